The van der Waals surface area contributed by atoms with Crippen molar-refractivity contribution >= 4 is 17.7 Å². The summed E-state index contributed by atoms with van der Waals surface area (Å²) in [6.45, 7) is 0.775. The number of hydrogen-bond acceptors (Lipinski definition) is 5. The van der Waals surface area contributed by atoms with Crippen molar-refractivity contribution in [3.63, 3.8) is 0 Å². The average molecular weight is 216 g/mol. The number of aryl methyl sites for hydroxylation is 1. The number of thioether (sulfide) groups is 1. The molecule has 1 aromatic heterocycles. The molecule has 0 saturated carbocycles. The van der Waals surface area contributed by atoms with E-state index in [0.717, 1.165) is 5.75 Å². The van der Waals surface area contributed by atoms with Gasteiger partial charge < -0.3 is 10.8 Å². The van der Waals surface area contributed by atoms with Gasteiger partial charge in [0.15, 0.2) is 5.69 Å². The highest BCUT2D eigenvalue weighted by atomic mass is 32.2. The number of carbonyl (C=O) groups is 1. The average Bonchev–Trinajstić information content (AvgIpc) is 2.57. The van der Waals surface area contributed by atoms with Crippen LogP contribution in [0.3, 0.4) is 0 Å². The molecule has 0 aliphatic heterocycles. The van der Waals surface area contributed by atoms with E-state index in [0.29, 0.717) is 12.2 Å². The van der Waals surface area contributed by atoms with E-state index in [1.165, 1.54) is 0 Å². The molecule has 0 aliphatic rings. The van der Waals surface area contributed by atoms with Gasteiger partial charge in [-0.2, -0.15) is 11.8 Å². The van der Waals surface area contributed by atoms with Crippen LogP contribution < -0.4 is 5.73 Å². The van der Waals surface area contributed by atoms with Crippen LogP contribution in [0.4, 0.5) is 0 Å². The molecule has 7 heteroatoms. The van der Waals surface area contributed by atoms with E-state index in [-0.39, 0.29) is 12.2 Å². The van der Waals surface area contributed by atoms with Crippen LogP contribution >= 0.6 is 11.8 Å². The van der Waals surface area contributed by atoms with Gasteiger partial charge in [0.25, 0.3) is 0 Å². The van der Waals surface area contributed by atoms with Gasteiger partial charge in [-0.1, -0.05) is 5.21 Å². The van der Waals surface area contributed by atoms with Crippen LogP contribution in [-0.4, -0.2) is 38.1 Å². The third-order valence-electron chi connectivity index (χ3n) is 1.74. The zero-order valence-corrected chi connectivity index (χ0v) is 8.62. The predicted octanol–water partition coefficient (Wildman–Crippen LogP) is -0.202. The lowest BCUT2D eigenvalue weighted by Crippen LogP contribution is -2.13. The Bertz CT molecular complexity index is 325. The van der Waals surface area contributed by atoms with Crippen molar-refractivity contribution in [1.82, 2.24) is 15.0 Å². The Hall–Kier alpha value is -1.08. The number of carboxylic acids is 1. The van der Waals surface area contributed by atoms with E-state index in [1.807, 2.05) is 6.26 Å². The lowest BCUT2D eigenvalue weighted by Gasteiger charge is -2.02. The van der Waals surface area contributed by atoms with Crippen molar-refractivity contribution in [2.24, 2.45) is 5.73 Å². The van der Waals surface area contributed by atoms with Crippen molar-refractivity contribution < 1.29 is 9.90 Å². The maximum atomic E-state index is 10.7. The van der Waals surface area contributed by atoms with Gasteiger partial charge in [0.2, 0.25) is 0 Å². The molecule has 14 heavy (non-hydrogen) atoms. The fourth-order valence-corrected chi connectivity index (χ4v) is 1.41. The molecule has 1 heterocycles. The highest BCUT2D eigenvalue weighted by Crippen LogP contribution is 2.05. The minimum atomic E-state index is -1.08. The Kier molecular flexibility index (Phi) is 3.90. The molecule has 0 spiro atoms. The van der Waals surface area contributed by atoms with E-state index < -0.39 is 5.97 Å². The molecule has 0 saturated heterocycles. The predicted molar refractivity (Wildman–Crippen MR) is 53.3 cm³/mol. The Labute approximate surface area is 85.5 Å². The van der Waals surface area contributed by atoms with E-state index in [2.05, 4.69) is 10.3 Å². The number of hydrogen-bond donors (Lipinski definition) is 2. The van der Waals surface area contributed by atoms with E-state index >= 15 is 0 Å². The first-order valence-electron chi connectivity index (χ1n) is 4.05. The number of carboxylic acid groups (broad SMARTS) is 1. The van der Waals surface area contributed by atoms with Crippen molar-refractivity contribution in [1.29, 1.82) is 0 Å². The minimum Gasteiger partial charge on any atom is -0.476 e. The second-order valence-electron chi connectivity index (χ2n) is 2.61. The summed E-state index contributed by atoms with van der Waals surface area (Å²) in [5.41, 5.74) is 5.87. The Morgan fingerprint density at radius 1 is 1.71 bits per heavy atom. The van der Waals surface area contributed by atoms with Crippen molar-refractivity contribution in [3.8, 4) is 0 Å². The molecule has 0 aliphatic carbocycles. The summed E-state index contributed by atoms with van der Waals surface area (Å²) < 4.78 is 1.54. The normalized spacial score (nSPS) is 10.4. The van der Waals surface area contributed by atoms with Gasteiger partial charge in [-0.25, -0.2) is 9.48 Å². The molecule has 0 radical (unpaired) electrons. The SMILES string of the molecule is CSCCn1nnc(C(=O)O)c1CN. The summed E-state index contributed by atoms with van der Waals surface area (Å²) in [5.74, 6) is -0.226. The van der Waals surface area contributed by atoms with Crippen LogP contribution in [0.25, 0.3) is 0 Å². The summed E-state index contributed by atoms with van der Waals surface area (Å²) in [4.78, 5) is 10.7. The summed E-state index contributed by atoms with van der Waals surface area (Å²) in [6.07, 6.45) is 1.97. The molecular formula is C7H12N4O2S. The van der Waals surface area contributed by atoms with Gasteiger partial charge in [-0.15, -0.1) is 5.10 Å². The fourth-order valence-electron chi connectivity index (χ4n) is 1.06. The Morgan fingerprint density at radius 2 is 2.43 bits per heavy atom. The second kappa shape index (κ2) is 4.97. The van der Waals surface area contributed by atoms with Gasteiger partial charge in [0.05, 0.1) is 12.2 Å². The molecule has 1 aromatic rings. The summed E-state index contributed by atoms with van der Waals surface area (Å²) in [6, 6.07) is 0. The minimum absolute atomic E-state index is 0.0476. The molecule has 0 atom stereocenters. The summed E-state index contributed by atoms with van der Waals surface area (Å²) in [7, 11) is 0. The van der Waals surface area contributed by atoms with Crippen LogP contribution in [0.2, 0.25) is 0 Å². The molecule has 1 rings (SSSR count). The first-order valence-corrected chi connectivity index (χ1v) is 5.44. The number of nitrogens with two attached hydrogens (primary N) is 1. The monoisotopic (exact) mass is 216 g/mol. The fraction of sp³-hybridized carbons (Fsp3) is 0.571. The molecule has 78 valence electrons. The zero-order valence-electron chi connectivity index (χ0n) is 7.80. The standard InChI is InChI=1S/C7H12N4O2S/c1-14-3-2-11-5(4-8)6(7(12)13)9-10-11/h2-4,8H2,1H3,(H,12,13). The molecule has 0 aromatic carbocycles. The zero-order chi connectivity index (χ0) is 10.6. The Balaban J connectivity index is 2.89. The maximum Gasteiger partial charge on any atom is 0.358 e. The van der Waals surface area contributed by atoms with Crippen molar-refractivity contribution in [3.05, 3.63) is 11.4 Å². The first kappa shape index (κ1) is 11.0. The van der Waals surface area contributed by atoms with Crippen LogP contribution in [0.5, 0.6) is 0 Å². The third-order valence-corrected chi connectivity index (χ3v) is 2.33. The smallest absolute Gasteiger partial charge is 0.358 e. The maximum absolute atomic E-state index is 10.7. The van der Waals surface area contributed by atoms with Crippen LogP contribution in [0, 0.1) is 0 Å². The first-order chi connectivity index (χ1) is 6.70. The van der Waals surface area contributed by atoms with Gasteiger partial charge >= 0.3 is 5.97 Å². The second-order valence-corrected chi connectivity index (χ2v) is 3.60. The summed E-state index contributed by atoms with van der Waals surface area (Å²) >= 11 is 1.66. The highest BCUT2D eigenvalue weighted by molar-refractivity contribution is 7.98. The van der Waals surface area contributed by atoms with Gasteiger partial charge in [-0.05, 0) is 6.26 Å². The largest absolute Gasteiger partial charge is 0.476 e. The van der Waals surface area contributed by atoms with Gasteiger partial charge in [0, 0.05) is 12.3 Å². The van der Waals surface area contributed by atoms with E-state index in [1.54, 1.807) is 16.4 Å². The third kappa shape index (κ3) is 2.24. The van der Waals surface area contributed by atoms with E-state index in [4.69, 9.17) is 10.8 Å². The quantitative estimate of drug-likeness (QED) is 0.707. The summed E-state index contributed by atoms with van der Waals surface area (Å²) in [5, 5.41) is 16.1. The van der Waals surface area contributed by atoms with E-state index in [9.17, 15) is 4.79 Å². The lowest BCUT2D eigenvalue weighted by molar-refractivity contribution is 0.0689. The molecule has 0 unspecified atom stereocenters. The van der Waals surface area contributed by atoms with Gasteiger partial charge in [0.1, 0.15) is 0 Å². The molecule has 3 N–H and O–H groups in total. The molecular weight excluding hydrogens is 204 g/mol. The van der Waals surface area contributed by atoms with Crippen LogP contribution in [0.15, 0.2) is 0 Å². The van der Waals surface area contributed by atoms with Crippen LogP contribution in [0.1, 0.15) is 16.2 Å². The molecule has 0 bridgehead atoms. The molecule has 0 amide bonds. The number of aromatic nitrogens is 3. The topological polar surface area (TPSA) is 94.0 Å². The molecule has 0 fully saturated rings. The van der Waals surface area contributed by atoms with Crippen molar-refractivity contribution in [2.45, 2.75) is 13.1 Å². The highest BCUT2D eigenvalue weighted by Gasteiger charge is 2.16. The van der Waals surface area contributed by atoms with Crippen LogP contribution in [-0.2, 0) is 13.1 Å². The number of aromatic carboxylic acids is 1. The lowest BCUT2D eigenvalue weighted by atomic mass is 10.3. The van der Waals surface area contributed by atoms with Crippen molar-refractivity contribution in [2.75, 3.05) is 12.0 Å². The van der Waals surface area contributed by atoms with Gasteiger partial charge in [-0.3, -0.25) is 0 Å². The number of nitrogens with zero attached hydrogens (tertiary/aromatic N) is 3. The number of rotatable bonds is 5. The molecule has 6 nitrogen and oxygen atoms in total. The Morgan fingerprint density at radius 3 is 2.93 bits per heavy atom.